The fraction of sp³-hybridized carbons (Fsp3) is 0.529. The summed E-state index contributed by atoms with van der Waals surface area (Å²) in [6, 6.07) is 6.89. The molecular formula is C17H23NO3. The van der Waals surface area contributed by atoms with E-state index in [0.29, 0.717) is 11.3 Å². The van der Waals surface area contributed by atoms with Gasteiger partial charge in [0, 0.05) is 12.6 Å². The Hall–Kier alpha value is -1.84. The molecule has 1 amide bonds. The number of nitrogens with one attached hydrogen (secondary N) is 1. The van der Waals surface area contributed by atoms with Crippen molar-refractivity contribution in [3.63, 3.8) is 0 Å². The zero-order valence-electron chi connectivity index (χ0n) is 12.6. The van der Waals surface area contributed by atoms with Crippen LogP contribution in [0.5, 0.6) is 0 Å². The number of carbonyl (C=O) groups excluding carboxylic acids is 2. The van der Waals surface area contributed by atoms with E-state index >= 15 is 0 Å². The first-order valence-electron chi connectivity index (χ1n) is 7.74. The lowest BCUT2D eigenvalue weighted by molar-refractivity contribution is -0.114. The average Bonchev–Trinajstić information content (AvgIpc) is 2.41. The molecule has 4 nitrogen and oxygen atoms in total. The lowest BCUT2D eigenvalue weighted by Gasteiger charge is -2.20. The minimum absolute atomic E-state index is 0.0298. The van der Waals surface area contributed by atoms with Gasteiger partial charge in [-0.3, -0.25) is 4.79 Å². The molecule has 0 aliphatic heterocycles. The van der Waals surface area contributed by atoms with Crippen LogP contribution in [0, 0.1) is 0 Å². The smallest absolute Gasteiger partial charge is 0.338 e. The van der Waals surface area contributed by atoms with Crippen molar-refractivity contribution in [3.8, 4) is 0 Å². The Morgan fingerprint density at radius 3 is 2.43 bits per heavy atom. The Bertz CT molecular complexity index is 491. The van der Waals surface area contributed by atoms with Crippen molar-refractivity contribution in [2.75, 3.05) is 5.32 Å². The highest BCUT2D eigenvalue weighted by molar-refractivity contribution is 5.93. The lowest BCUT2D eigenvalue weighted by Crippen LogP contribution is -2.19. The summed E-state index contributed by atoms with van der Waals surface area (Å²) in [7, 11) is 0. The predicted molar refractivity (Wildman–Crippen MR) is 82.3 cm³/mol. The molecule has 0 saturated heterocycles. The first-order chi connectivity index (χ1) is 10.1. The molecule has 1 aliphatic rings. The second-order valence-electron chi connectivity index (χ2n) is 5.63. The maximum atomic E-state index is 12.2. The molecule has 1 fully saturated rings. The molecular weight excluding hydrogens is 266 g/mol. The average molecular weight is 289 g/mol. The summed E-state index contributed by atoms with van der Waals surface area (Å²) in [6.07, 6.45) is 7.95. The second kappa shape index (κ2) is 7.81. The maximum Gasteiger partial charge on any atom is 0.338 e. The van der Waals surface area contributed by atoms with Crippen molar-refractivity contribution in [2.24, 2.45) is 0 Å². The summed E-state index contributed by atoms with van der Waals surface area (Å²) < 4.78 is 5.62. The summed E-state index contributed by atoms with van der Waals surface area (Å²) in [5.74, 6) is -0.451. The molecule has 0 atom stereocenters. The SMILES string of the molecule is CC(=O)Nc1cccc(C(=O)OC2CCCCCCC2)c1. The topological polar surface area (TPSA) is 55.4 Å². The molecule has 0 heterocycles. The zero-order valence-corrected chi connectivity index (χ0v) is 12.6. The van der Waals surface area contributed by atoms with Gasteiger partial charge in [0.05, 0.1) is 5.56 Å². The number of anilines is 1. The van der Waals surface area contributed by atoms with E-state index in [0.717, 1.165) is 25.7 Å². The molecule has 2 rings (SSSR count). The molecule has 1 saturated carbocycles. The molecule has 114 valence electrons. The monoisotopic (exact) mass is 289 g/mol. The minimum Gasteiger partial charge on any atom is -0.459 e. The van der Waals surface area contributed by atoms with Crippen molar-refractivity contribution in [3.05, 3.63) is 29.8 Å². The van der Waals surface area contributed by atoms with Gasteiger partial charge >= 0.3 is 5.97 Å². The van der Waals surface area contributed by atoms with Crippen molar-refractivity contribution in [1.29, 1.82) is 0 Å². The van der Waals surface area contributed by atoms with Gasteiger partial charge in [-0.1, -0.05) is 25.3 Å². The molecule has 0 bridgehead atoms. The lowest BCUT2D eigenvalue weighted by atomic mass is 9.98. The Balaban J connectivity index is 1.96. The first kappa shape index (κ1) is 15.5. The standard InChI is InChI=1S/C17H23NO3/c1-13(19)18-15-9-7-8-14(12-15)17(20)21-16-10-5-3-2-4-6-11-16/h7-9,12,16H,2-6,10-11H2,1H3,(H,18,19). The number of esters is 1. The molecule has 0 radical (unpaired) electrons. The summed E-state index contributed by atoms with van der Waals surface area (Å²) >= 11 is 0. The normalized spacial score (nSPS) is 16.6. The number of hydrogen-bond acceptors (Lipinski definition) is 3. The Morgan fingerprint density at radius 1 is 1.10 bits per heavy atom. The molecule has 1 aromatic carbocycles. The van der Waals surface area contributed by atoms with Crippen LogP contribution in [0.1, 0.15) is 62.2 Å². The number of amides is 1. The van der Waals surface area contributed by atoms with Gasteiger partial charge in [-0.25, -0.2) is 4.79 Å². The van der Waals surface area contributed by atoms with Crippen molar-refractivity contribution >= 4 is 17.6 Å². The van der Waals surface area contributed by atoms with Gasteiger partial charge < -0.3 is 10.1 Å². The van der Waals surface area contributed by atoms with Crippen LogP contribution in [0.25, 0.3) is 0 Å². The van der Waals surface area contributed by atoms with Crippen LogP contribution in [0.15, 0.2) is 24.3 Å². The molecule has 1 N–H and O–H groups in total. The fourth-order valence-corrected chi connectivity index (χ4v) is 2.68. The number of benzene rings is 1. The van der Waals surface area contributed by atoms with Crippen LogP contribution in [0.2, 0.25) is 0 Å². The van der Waals surface area contributed by atoms with Crippen molar-refractivity contribution in [2.45, 2.75) is 58.0 Å². The molecule has 21 heavy (non-hydrogen) atoms. The number of hydrogen-bond donors (Lipinski definition) is 1. The van der Waals surface area contributed by atoms with E-state index in [2.05, 4.69) is 5.32 Å². The fourth-order valence-electron chi connectivity index (χ4n) is 2.68. The van der Waals surface area contributed by atoms with Crippen LogP contribution in [0.4, 0.5) is 5.69 Å². The third-order valence-corrected chi connectivity index (χ3v) is 3.74. The quantitative estimate of drug-likeness (QED) is 0.858. The number of rotatable bonds is 3. The van der Waals surface area contributed by atoms with E-state index in [1.165, 1.54) is 26.2 Å². The molecule has 1 aliphatic carbocycles. The summed E-state index contributed by atoms with van der Waals surface area (Å²) in [5.41, 5.74) is 1.11. The van der Waals surface area contributed by atoms with E-state index in [1.807, 2.05) is 0 Å². The van der Waals surface area contributed by atoms with Crippen molar-refractivity contribution < 1.29 is 14.3 Å². The van der Waals surface area contributed by atoms with Crippen LogP contribution in [-0.2, 0) is 9.53 Å². The Kier molecular flexibility index (Phi) is 5.78. The van der Waals surface area contributed by atoms with Crippen LogP contribution in [0.3, 0.4) is 0 Å². The van der Waals surface area contributed by atoms with Gasteiger partial charge in [0.1, 0.15) is 6.10 Å². The van der Waals surface area contributed by atoms with Crippen LogP contribution < -0.4 is 5.32 Å². The minimum atomic E-state index is -0.298. The summed E-state index contributed by atoms with van der Waals surface area (Å²) in [5, 5.41) is 2.68. The maximum absolute atomic E-state index is 12.2. The van der Waals surface area contributed by atoms with E-state index in [4.69, 9.17) is 4.74 Å². The van der Waals surface area contributed by atoms with Gasteiger partial charge in [0.2, 0.25) is 5.91 Å². The number of carbonyl (C=O) groups is 2. The first-order valence-corrected chi connectivity index (χ1v) is 7.74. The number of ether oxygens (including phenoxy) is 1. The van der Waals surface area contributed by atoms with E-state index < -0.39 is 0 Å². The second-order valence-corrected chi connectivity index (χ2v) is 5.63. The molecule has 0 spiro atoms. The summed E-state index contributed by atoms with van der Waals surface area (Å²) in [6.45, 7) is 1.44. The molecule has 0 aromatic heterocycles. The highest BCUT2D eigenvalue weighted by Crippen LogP contribution is 2.21. The van der Waals surface area contributed by atoms with Gasteiger partial charge in [0.25, 0.3) is 0 Å². The largest absolute Gasteiger partial charge is 0.459 e. The van der Waals surface area contributed by atoms with Crippen LogP contribution >= 0.6 is 0 Å². The van der Waals surface area contributed by atoms with Crippen LogP contribution in [-0.4, -0.2) is 18.0 Å². The van der Waals surface area contributed by atoms with E-state index in [1.54, 1.807) is 24.3 Å². The third-order valence-electron chi connectivity index (χ3n) is 3.74. The van der Waals surface area contributed by atoms with Gasteiger partial charge in [-0.05, 0) is 43.9 Å². The Labute approximate surface area is 125 Å². The van der Waals surface area contributed by atoms with E-state index in [9.17, 15) is 9.59 Å². The zero-order chi connectivity index (χ0) is 15.1. The molecule has 0 unspecified atom stereocenters. The molecule has 4 heteroatoms. The van der Waals surface area contributed by atoms with Gasteiger partial charge in [-0.15, -0.1) is 0 Å². The summed E-state index contributed by atoms with van der Waals surface area (Å²) in [4.78, 5) is 23.3. The highest BCUT2D eigenvalue weighted by Gasteiger charge is 2.17. The van der Waals surface area contributed by atoms with Gasteiger partial charge in [-0.2, -0.15) is 0 Å². The Morgan fingerprint density at radius 2 is 1.76 bits per heavy atom. The van der Waals surface area contributed by atoms with Crippen molar-refractivity contribution in [1.82, 2.24) is 0 Å². The van der Waals surface area contributed by atoms with E-state index in [-0.39, 0.29) is 18.0 Å². The third kappa shape index (κ3) is 5.21. The predicted octanol–water partition coefficient (Wildman–Crippen LogP) is 3.91. The molecule has 1 aromatic rings. The highest BCUT2D eigenvalue weighted by atomic mass is 16.5. The van der Waals surface area contributed by atoms with Gasteiger partial charge in [0.15, 0.2) is 0 Å².